The molecule has 0 bridgehead atoms. The maximum absolute atomic E-state index is 9.89. The van der Waals surface area contributed by atoms with Gasteiger partial charge in [0.1, 0.15) is 5.60 Å². The maximum atomic E-state index is 9.89. The molecule has 0 aliphatic rings. The quantitative estimate of drug-likeness (QED) is 0.649. The number of nitrogens with two attached hydrogens (primary N) is 1. The second kappa shape index (κ2) is 4.89. The Morgan fingerprint density at radius 1 is 1.47 bits per heavy atom. The highest BCUT2D eigenvalue weighted by atomic mass is 16.5. The summed E-state index contributed by atoms with van der Waals surface area (Å²) in [6, 6.07) is 4.98. The molecule has 1 aromatic carbocycles. The van der Waals surface area contributed by atoms with E-state index in [2.05, 4.69) is 10.1 Å². The van der Waals surface area contributed by atoms with E-state index in [1.54, 1.807) is 25.3 Å². The van der Waals surface area contributed by atoms with Crippen molar-refractivity contribution in [2.45, 2.75) is 25.9 Å². The Bertz CT molecular complexity index is 576. The number of aromatic hydroxyl groups is 1. The summed E-state index contributed by atoms with van der Waals surface area (Å²) in [6.07, 6.45) is 0.700. The Kier molecular flexibility index (Phi) is 3.44. The summed E-state index contributed by atoms with van der Waals surface area (Å²) in [7, 11) is 1.59. The number of anilines is 1. The zero-order chi connectivity index (χ0) is 14.0. The molecule has 0 aliphatic heterocycles. The molecular weight excluding hydrogens is 246 g/mol. The molecule has 3 N–H and O–H groups in total. The highest BCUT2D eigenvalue weighted by molar-refractivity contribution is 5.71. The van der Waals surface area contributed by atoms with E-state index in [9.17, 15) is 5.11 Å². The Balaban J connectivity index is 2.44. The number of methoxy groups -OCH3 is 1. The van der Waals surface area contributed by atoms with Crippen LogP contribution >= 0.6 is 0 Å². The topological polar surface area (TPSA) is 94.4 Å². The average Bonchev–Trinajstić information content (AvgIpc) is 2.91. The summed E-state index contributed by atoms with van der Waals surface area (Å²) in [5, 5.41) is 13.8. The van der Waals surface area contributed by atoms with E-state index in [1.165, 1.54) is 0 Å². The number of aromatic nitrogens is 2. The molecule has 0 saturated heterocycles. The number of phenols is 1. The standard InChI is InChI=1S/C13H17N3O3/c1-4-13(2,18-3)12-15-11(19-16-12)8-6-5-7-9(14)10(8)17/h5-7,17H,4,14H2,1-3H3. The summed E-state index contributed by atoms with van der Waals surface area (Å²) < 4.78 is 10.6. The van der Waals surface area contributed by atoms with E-state index in [0.29, 0.717) is 17.8 Å². The van der Waals surface area contributed by atoms with Gasteiger partial charge in [0.15, 0.2) is 5.75 Å². The molecule has 6 nitrogen and oxygen atoms in total. The molecule has 0 aliphatic carbocycles. The lowest BCUT2D eigenvalue weighted by atomic mass is 10.0. The van der Waals surface area contributed by atoms with Crippen LogP contribution in [-0.4, -0.2) is 22.4 Å². The van der Waals surface area contributed by atoms with Crippen LogP contribution in [0.1, 0.15) is 26.1 Å². The van der Waals surface area contributed by atoms with Gasteiger partial charge in [0.25, 0.3) is 5.89 Å². The summed E-state index contributed by atoms with van der Waals surface area (Å²) in [6.45, 7) is 3.85. The zero-order valence-electron chi connectivity index (χ0n) is 11.2. The van der Waals surface area contributed by atoms with Gasteiger partial charge in [0.05, 0.1) is 11.3 Å². The minimum atomic E-state index is -0.613. The van der Waals surface area contributed by atoms with Crippen LogP contribution in [0, 0.1) is 0 Å². The molecule has 1 unspecified atom stereocenters. The lowest BCUT2D eigenvalue weighted by Gasteiger charge is -2.21. The molecular formula is C13H17N3O3. The molecule has 0 fully saturated rings. The Morgan fingerprint density at radius 3 is 2.84 bits per heavy atom. The molecule has 2 aromatic rings. The largest absolute Gasteiger partial charge is 0.505 e. The minimum Gasteiger partial charge on any atom is -0.505 e. The van der Waals surface area contributed by atoms with Crippen LogP contribution in [0.25, 0.3) is 11.5 Å². The van der Waals surface area contributed by atoms with Crippen molar-refractivity contribution in [1.29, 1.82) is 0 Å². The van der Waals surface area contributed by atoms with Crippen LogP contribution in [0.3, 0.4) is 0 Å². The van der Waals surface area contributed by atoms with Gasteiger partial charge in [-0.3, -0.25) is 0 Å². The smallest absolute Gasteiger partial charge is 0.261 e. The number of hydrogen-bond acceptors (Lipinski definition) is 6. The van der Waals surface area contributed by atoms with E-state index < -0.39 is 5.60 Å². The van der Waals surface area contributed by atoms with E-state index in [4.69, 9.17) is 15.0 Å². The van der Waals surface area contributed by atoms with Crippen LogP contribution in [0.5, 0.6) is 5.75 Å². The highest BCUT2D eigenvalue weighted by Crippen LogP contribution is 2.34. The second-order valence-corrected chi connectivity index (χ2v) is 4.46. The van der Waals surface area contributed by atoms with Gasteiger partial charge in [0.2, 0.25) is 5.82 Å². The summed E-state index contributed by atoms with van der Waals surface area (Å²) in [5.74, 6) is 0.596. The minimum absolute atomic E-state index is 0.0617. The highest BCUT2D eigenvalue weighted by Gasteiger charge is 2.30. The Labute approximate surface area is 111 Å². The van der Waals surface area contributed by atoms with Crippen molar-refractivity contribution in [3.63, 3.8) is 0 Å². The number of para-hydroxylation sites is 1. The molecule has 2 rings (SSSR count). The summed E-state index contributed by atoms with van der Waals surface area (Å²) in [4.78, 5) is 4.28. The maximum Gasteiger partial charge on any atom is 0.261 e. The first-order valence-electron chi connectivity index (χ1n) is 5.99. The molecule has 1 atom stereocenters. The van der Waals surface area contributed by atoms with E-state index in [-0.39, 0.29) is 17.3 Å². The molecule has 0 saturated carbocycles. The van der Waals surface area contributed by atoms with Gasteiger partial charge < -0.3 is 20.1 Å². The van der Waals surface area contributed by atoms with Gasteiger partial charge in [-0.2, -0.15) is 4.98 Å². The molecule has 102 valence electrons. The molecule has 0 spiro atoms. The fourth-order valence-corrected chi connectivity index (χ4v) is 1.68. The predicted octanol–water partition coefficient (Wildman–Crippen LogP) is 2.30. The first-order chi connectivity index (χ1) is 9.01. The zero-order valence-corrected chi connectivity index (χ0v) is 11.2. The SMILES string of the molecule is CCC(C)(OC)c1noc(-c2cccc(N)c2O)n1. The third-order valence-electron chi connectivity index (χ3n) is 3.32. The number of benzene rings is 1. The molecule has 1 heterocycles. The van der Waals surface area contributed by atoms with Gasteiger partial charge in [-0.25, -0.2) is 0 Å². The Morgan fingerprint density at radius 2 is 2.21 bits per heavy atom. The van der Waals surface area contributed by atoms with Gasteiger partial charge >= 0.3 is 0 Å². The van der Waals surface area contributed by atoms with E-state index >= 15 is 0 Å². The molecule has 0 radical (unpaired) electrons. The molecule has 19 heavy (non-hydrogen) atoms. The lowest BCUT2D eigenvalue weighted by Crippen LogP contribution is -2.24. The third-order valence-corrected chi connectivity index (χ3v) is 3.32. The predicted molar refractivity (Wildman–Crippen MR) is 70.5 cm³/mol. The van der Waals surface area contributed by atoms with Crippen molar-refractivity contribution in [2.24, 2.45) is 0 Å². The van der Waals surface area contributed by atoms with Crippen molar-refractivity contribution >= 4 is 5.69 Å². The van der Waals surface area contributed by atoms with Crippen LogP contribution in [0.2, 0.25) is 0 Å². The normalized spacial score (nSPS) is 14.3. The van der Waals surface area contributed by atoms with E-state index in [1.807, 2.05) is 13.8 Å². The second-order valence-electron chi connectivity index (χ2n) is 4.46. The number of rotatable bonds is 4. The van der Waals surface area contributed by atoms with Gasteiger partial charge in [-0.15, -0.1) is 0 Å². The number of hydrogen-bond donors (Lipinski definition) is 2. The van der Waals surface area contributed by atoms with E-state index in [0.717, 1.165) is 0 Å². The van der Waals surface area contributed by atoms with Gasteiger partial charge in [0, 0.05) is 7.11 Å². The first-order valence-corrected chi connectivity index (χ1v) is 5.99. The van der Waals surface area contributed by atoms with Crippen LogP contribution in [0.4, 0.5) is 5.69 Å². The van der Waals surface area contributed by atoms with Crippen LogP contribution in [-0.2, 0) is 10.3 Å². The van der Waals surface area contributed by atoms with Crippen molar-refractivity contribution in [2.75, 3.05) is 12.8 Å². The summed E-state index contributed by atoms with van der Waals surface area (Å²) >= 11 is 0. The number of nitrogen functional groups attached to an aromatic ring is 1. The number of nitrogens with zero attached hydrogens (tertiary/aromatic N) is 2. The van der Waals surface area contributed by atoms with Crippen LogP contribution in [0.15, 0.2) is 22.7 Å². The number of phenolic OH excluding ortho intramolecular Hbond substituents is 1. The molecule has 1 aromatic heterocycles. The van der Waals surface area contributed by atoms with Gasteiger partial charge in [-0.1, -0.05) is 18.1 Å². The van der Waals surface area contributed by atoms with Crippen molar-refractivity contribution in [3.8, 4) is 17.2 Å². The average molecular weight is 263 g/mol. The fraction of sp³-hybridized carbons (Fsp3) is 0.385. The van der Waals surface area contributed by atoms with Crippen molar-refractivity contribution in [3.05, 3.63) is 24.0 Å². The summed E-state index contributed by atoms with van der Waals surface area (Å²) in [5.41, 5.74) is 5.70. The van der Waals surface area contributed by atoms with Gasteiger partial charge in [-0.05, 0) is 25.5 Å². The van der Waals surface area contributed by atoms with Crippen molar-refractivity contribution < 1.29 is 14.4 Å². The lowest BCUT2D eigenvalue weighted by molar-refractivity contribution is -0.0106. The monoisotopic (exact) mass is 263 g/mol. The first kappa shape index (κ1) is 13.4. The molecule has 0 amide bonds. The Hall–Kier alpha value is -2.08. The van der Waals surface area contributed by atoms with Crippen LogP contribution < -0.4 is 5.73 Å². The third kappa shape index (κ3) is 2.26. The van der Waals surface area contributed by atoms with Crippen molar-refractivity contribution in [1.82, 2.24) is 10.1 Å². The fourth-order valence-electron chi connectivity index (χ4n) is 1.68. The molecule has 6 heteroatoms. The number of ether oxygens (including phenoxy) is 1.